The highest BCUT2D eigenvalue weighted by Crippen LogP contribution is 2.43. The number of aromatic nitrogens is 2. The van der Waals surface area contributed by atoms with E-state index >= 15 is 0 Å². The van der Waals surface area contributed by atoms with Crippen LogP contribution < -0.4 is 20.6 Å². The molecular formula is C33H35N3O8. The van der Waals surface area contributed by atoms with Crippen molar-refractivity contribution in [1.29, 1.82) is 0 Å². The van der Waals surface area contributed by atoms with Gasteiger partial charge in [0.05, 0.1) is 20.8 Å². The molecule has 0 bridgehead atoms. The van der Waals surface area contributed by atoms with Crippen molar-refractivity contribution in [3.8, 4) is 11.5 Å². The van der Waals surface area contributed by atoms with Gasteiger partial charge in [0.2, 0.25) is 0 Å². The molecule has 4 aromatic rings. The monoisotopic (exact) mass is 601 g/mol. The van der Waals surface area contributed by atoms with Gasteiger partial charge in [-0.1, -0.05) is 54.6 Å². The van der Waals surface area contributed by atoms with E-state index in [4.69, 9.17) is 28.5 Å². The molecule has 0 saturated carbocycles. The van der Waals surface area contributed by atoms with Gasteiger partial charge < -0.3 is 28.8 Å². The van der Waals surface area contributed by atoms with Crippen molar-refractivity contribution in [2.24, 2.45) is 0 Å². The molecule has 6 rings (SSSR count). The second-order valence-corrected chi connectivity index (χ2v) is 11.0. The number of rotatable bonds is 10. The van der Waals surface area contributed by atoms with Crippen LogP contribution in [0.1, 0.15) is 36.8 Å². The molecule has 3 aromatic carbocycles. The number of nitrogens with zero attached hydrogens (tertiary/aromatic N) is 2. The second-order valence-electron chi connectivity index (χ2n) is 11.0. The minimum Gasteiger partial charge on any atom is -0.497 e. The van der Waals surface area contributed by atoms with Crippen molar-refractivity contribution in [2.75, 3.05) is 26.3 Å². The summed E-state index contributed by atoms with van der Waals surface area (Å²) in [6.45, 7) is 3.30. The van der Waals surface area contributed by atoms with Crippen molar-refractivity contribution in [3.63, 3.8) is 0 Å². The van der Waals surface area contributed by atoms with Crippen LogP contribution in [0.15, 0.2) is 95.9 Å². The molecule has 2 aliphatic heterocycles. The summed E-state index contributed by atoms with van der Waals surface area (Å²) in [6.07, 6.45) is -1.01. The summed E-state index contributed by atoms with van der Waals surface area (Å²) in [5.74, 6) is 0.707. The van der Waals surface area contributed by atoms with Crippen LogP contribution in [0.25, 0.3) is 0 Å². The lowest BCUT2D eigenvalue weighted by Gasteiger charge is -2.35. The fourth-order valence-corrected chi connectivity index (χ4v) is 5.82. The van der Waals surface area contributed by atoms with Crippen LogP contribution >= 0.6 is 0 Å². The number of methoxy groups -OCH3 is 2. The quantitative estimate of drug-likeness (QED) is 0.204. The molecule has 0 aliphatic carbocycles. The molecule has 44 heavy (non-hydrogen) atoms. The minimum absolute atomic E-state index is 0.186. The first-order valence-electron chi connectivity index (χ1n) is 14.3. The third-order valence-electron chi connectivity index (χ3n) is 7.89. The van der Waals surface area contributed by atoms with Crippen LogP contribution in [0.4, 0.5) is 5.82 Å². The molecule has 1 aromatic heterocycles. The van der Waals surface area contributed by atoms with Gasteiger partial charge >= 0.3 is 5.69 Å². The molecule has 2 saturated heterocycles. The summed E-state index contributed by atoms with van der Waals surface area (Å²) in [5, 5.41) is 9.84. The van der Waals surface area contributed by atoms with Crippen molar-refractivity contribution >= 4 is 5.82 Å². The van der Waals surface area contributed by atoms with E-state index in [2.05, 4.69) is 10.5 Å². The van der Waals surface area contributed by atoms with Crippen molar-refractivity contribution in [1.82, 2.24) is 9.55 Å². The first-order valence-corrected chi connectivity index (χ1v) is 14.3. The number of fused-ring (bicyclic) bond motifs is 1. The topological polar surface area (TPSA) is 123 Å². The van der Waals surface area contributed by atoms with Gasteiger partial charge in [-0.2, -0.15) is 4.98 Å². The van der Waals surface area contributed by atoms with Gasteiger partial charge in [-0.15, -0.1) is 0 Å². The first kappa shape index (κ1) is 29.8. The summed E-state index contributed by atoms with van der Waals surface area (Å²) in [6, 6.07) is 26.5. The number of ether oxygens (including phenoxy) is 5. The zero-order chi connectivity index (χ0) is 30.9. The highest BCUT2D eigenvalue weighted by molar-refractivity contribution is 5.50. The van der Waals surface area contributed by atoms with Crippen molar-refractivity contribution in [3.05, 3.63) is 118 Å². The Morgan fingerprint density at radius 1 is 0.864 bits per heavy atom. The van der Waals surface area contributed by atoms with Crippen LogP contribution in [0.2, 0.25) is 0 Å². The number of aliphatic hydroxyl groups excluding tert-OH is 1. The molecule has 0 radical (unpaired) electrons. The van der Waals surface area contributed by atoms with Crippen LogP contribution in [-0.2, 0) is 24.6 Å². The highest BCUT2D eigenvalue weighted by Gasteiger charge is 2.56. The first-order chi connectivity index (χ1) is 21.3. The Morgan fingerprint density at radius 3 is 1.98 bits per heavy atom. The molecule has 230 valence electrons. The van der Waals surface area contributed by atoms with Crippen molar-refractivity contribution in [2.45, 2.75) is 49.8 Å². The van der Waals surface area contributed by atoms with Crippen molar-refractivity contribution < 1.29 is 33.6 Å². The number of anilines is 1. The number of hydrogen-bond donors (Lipinski definition) is 2. The van der Waals surface area contributed by atoms with E-state index in [1.165, 1.54) is 4.57 Å². The number of benzene rings is 3. The molecule has 3 heterocycles. The predicted molar refractivity (Wildman–Crippen MR) is 160 cm³/mol. The Labute approximate surface area is 254 Å². The van der Waals surface area contributed by atoms with Gasteiger partial charge in [-0.05, 0) is 60.9 Å². The molecule has 2 N–H and O–H groups in total. The fourth-order valence-electron chi connectivity index (χ4n) is 5.82. The highest BCUT2D eigenvalue weighted by atomic mass is 16.8. The third kappa shape index (κ3) is 5.44. The van der Waals surface area contributed by atoms with Gasteiger partial charge in [-0.25, -0.2) is 10.3 Å². The molecule has 2 aliphatic rings. The molecule has 4 atom stereocenters. The van der Waals surface area contributed by atoms with Gasteiger partial charge in [0.25, 0.3) is 0 Å². The third-order valence-corrected chi connectivity index (χ3v) is 7.89. The van der Waals surface area contributed by atoms with E-state index in [0.29, 0.717) is 11.5 Å². The lowest BCUT2D eigenvalue weighted by molar-refractivity contribution is -0.200. The molecule has 2 fully saturated rings. The Hall–Kier alpha value is -4.26. The molecular weight excluding hydrogens is 566 g/mol. The normalized spacial score (nSPS) is 22.4. The van der Waals surface area contributed by atoms with E-state index in [0.717, 1.165) is 16.7 Å². The smallest absolute Gasteiger partial charge is 0.351 e. The van der Waals surface area contributed by atoms with E-state index in [-0.39, 0.29) is 12.4 Å². The maximum Gasteiger partial charge on any atom is 0.351 e. The largest absolute Gasteiger partial charge is 0.497 e. The van der Waals surface area contributed by atoms with E-state index in [9.17, 15) is 9.90 Å². The zero-order valence-electron chi connectivity index (χ0n) is 24.9. The average molecular weight is 602 g/mol. The summed E-state index contributed by atoms with van der Waals surface area (Å²) in [7, 11) is 3.23. The number of nitrogens with one attached hydrogen (secondary N) is 1. The maximum atomic E-state index is 13.3. The Morgan fingerprint density at radius 2 is 1.43 bits per heavy atom. The maximum absolute atomic E-state index is 13.3. The molecule has 0 spiro atoms. The lowest BCUT2D eigenvalue weighted by Crippen LogP contribution is -2.37. The zero-order valence-corrected chi connectivity index (χ0v) is 24.9. The lowest BCUT2D eigenvalue weighted by atomic mass is 9.80. The summed E-state index contributed by atoms with van der Waals surface area (Å²) in [4.78, 5) is 24.2. The molecule has 1 unspecified atom stereocenters. The Kier molecular flexibility index (Phi) is 8.14. The number of hydrogen-bond acceptors (Lipinski definition) is 10. The predicted octanol–water partition coefficient (Wildman–Crippen LogP) is 4.01. The van der Waals surface area contributed by atoms with Gasteiger partial charge in [0, 0.05) is 6.20 Å². The van der Waals surface area contributed by atoms with Crippen LogP contribution in [-0.4, -0.2) is 59.6 Å². The van der Waals surface area contributed by atoms with Gasteiger partial charge in [0.15, 0.2) is 23.4 Å². The number of aliphatic hydroxyl groups is 1. The summed E-state index contributed by atoms with van der Waals surface area (Å²) >= 11 is 0. The molecule has 11 nitrogen and oxygen atoms in total. The Bertz CT molecular complexity index is 1580. The van der Waals surface area contributed by atoms with E-state index in [1.807, 2.05) is 78.9 Å². The summed E-state index contributed by atoms with van der Waals surface area (Å²) in [5.41, 5.74) is 3.63. The molecule has 0 amide bonds. The van der Waals surface area contributed by atoms with E-state index in [1.54, 1.807) is 40.3 Å². The summed E-state index contributed by atoms with van der Waals surface area (Å²) < 4.78 is 30.1. The molecule has 11 heteroatoms. The SMILES string of the molecule is COc1ccc(C(ONc2ccn([C@@H]3O[C@H](CO)C4OC(C)(C)O[C@@H]43)c(=O)n2)(c2ccccc2)c2ccc(OC)cc2)cc1. The van der Waals surface area contributed by atoms with E-state index < -0.39 is 41.6 Å². The van der Waals surface area contributed by atoms with Crippen LogP contribution in [0.5, 0.6) is 11.5 Å². The second kappa shape index (κ2) is 12.0. The standard InChI is InChI=1S/C33H35N3O8/c1-32(2)42-28-26(20-37)41-30(29(28)43-32)36-19-18-27(34-31(36)38)35-44-33(21-8-6-5-7-9-21,22-10-14-24(39-3)15-11-22)23-12-16-25(40-4)17-13-23/h5-19,26,28-30,37H,20H2,1-4H3,(H,34,35,38)/t26-,28?,29+,30-/m1/s1. The van der Waals surface area contributed by atoms with Gasteiger partial charge in [-0.3, -0.25) is 9.40 Å². The van der Waals surface area contributed by atoms with Crippen LogP contribution in [0, 0.1) is 0 Å². The average Bonchev–Trinajstić information content (AvgIpc) is 3.55. The van der Waals surface area contributed by atoms with Crippen LogP contribution in [0.3, 0.4) is 0 Å². The van der Waals surface area contributed by atoms with Gasteiger partial charge in [0.1, 0.15) is 29.8 Å². The minimum atomic E-state index is -1.17. The Balaban J connectivity index is 1.36. The fraction of sp³-hybridized carbons (Fsp3) is 0.333.